The smallest absolute Gasteiger partial charge is 0.387 e. The van der Waals surface area contributed by atoms with Crippen LogP contribution in [0.5, 0.6) is 5.75 Å². The minimum atomic E-state index is -2.93. The average Bonchev–Trinajstić information content (AvgIpc) is 2.47. The summed E-state index contributed by atoms with van der Waals surface area (Å²) < 4.78 is 37.5. The molecule has 0 atom stereocenters. The number of esters is 2. The molecule has 0 aliphatic rings. The Kier molecular flexibility index (Phi) is 6.30. The largest absolute Gasteiger partial charge is 0.466 e. The number of anilines is 1. The molecule has 0 aromatic heterocycles. The first-order chi connectivity index (χ1) is 10.4. The third-order valence-electron chi connectivity index (χ3n) is 2.56. The van der Waals surface area contributed by atoms with Gasteiger partial charge in [-0.05, 0) is 30.7 Å². The van der Waals surface area contributed by atoms with Crippen LogP contribution >= 0.6 is 0 Å². The molecular weight excluding hydrogens is 300 g/mol. The molecule has 22 heavy (non-hydrogen) atoms. The normalized spacial score (nSPS) is 11.1. The van der Waals surface area contributed by atoms with E-state index < -0.39 is 18.6 Å². The molecule has 0 spiro atoms. The fourth-order valence-corrected chi connectivity index (χ4v) is 1.53. The van der Waals surface area contributed by atoms with Gasteiger partial charge in [-0.25, -0.2) is 9.59 Å². The minimum absolute atomic E-state index is 0.0189. The highest BCUT2D eigenvalue weighted by molar-refractivity contribution is 5.98. The number of rotatable bonds is 6. The second-order valence-electron chi connectivity index (χ2n) is 4.05. The van der Waals surface area contributed by atoms with Gasteiger partial charge in [-0.15, -0.1) is 0 Å². The Morgan fingerprint density at radius 1 is 1.23 bits per heavy atom. The molecule has 120 valence electrons. The van der Waals surface area contributed by atoms with Crippen molar-refractivity contribution in [3.8, 4) is 5.75 Å². The van der Waals surface area contributed by atoms with Gasteiger partial charge in [0.25, 0.3) is 0 Å². The summed E-state index contributed by atoms with van der Waals surface area (Å²) in [5.74, 6) is -1.55. The van der Waals surface area contributed by atoms with E-state index in [-0.39, 0.29) is 11.4 Å². The zero-order valence-electron chi connectivity index (χ0n) is 12.2. The predicted octanol–water partition coefficient (Wildman–Crippen LogP) is 2.24. The van der Waals surface area contributed by atoms with E-state index in [9.17, 15) is 18.4 Å². The third kappa shape index (κ3) is 5.04. The number of carbonyl (C=O) groups excluding carboxylic acids is 2. The third-order valence-corrected chi connectivity index (χ3v) is 2.56. The Bertz CT molecular complexity index is 587. The number of aryl methyl sites for hydroxylation is 1. The number of ether oxygens (including phenoxy) is 3. The van der Waals surface area contributed by atoms with Gasteiger partial charge in [0.2, 0.25) is 0 Å². The summed E-state index contributed by atoms with van der Waals surface area (Å²) in [4.78, 5) is 22.9. The van der Waals surface area contributed by atoms with Crippen LogP contribution in [-0.4, -0.2) is 32.8 Å². The van der Waals surface area contributed by atoms with Crippen molar-refractivity contribution in [1.82, 2.24) is 0 Å². The number of carbonyl (C=O) groups is 2. The van der Waals surface area contributed by atoms with Crippen molar-refractivity contribution in [1.29, 1.82) is 0 Å². The lowest BCUT2D eigenvalue weighted by atomic mass is 10.2. The Morgan fingerprint density at radius 2 is 1.91 bits per heavy atom. The fraction of sp³-hybridized carbons (Fsp3) is 0.286. The van der Waals surface area contributed by atoms with E-state index in [1.165, 1.54) is 18.2 Å². The van der Waals surface area contributed by atoms with Crippen LogP contribution in [0, 0.1) is 6.92 Å². The summed E-state index contributed by atoms with van der Waals surface area (Å²) in [6.07, 6.45) is 0.925. The summed E-state index contributed by atoms with van der Waals surface area (Å²) in [5, 5.41) is 2.69. The van der Waals surface area contributed by atoms with Crippen molar-refractivity contribution in [3.63, 3.8) is 0 Å². The minimum Gasteiger partial charge on any atom is -0.466 e. The van der Waals surface area contributed by atoms with E-state index in [0.29, 0.717) is 11.3 Å². The molecule has 6 nitrogen and oxygen atoms in total. The maximum absolute atomic E-state index is 12.1. The van der Waals surface area contributed by atoms with Crippen molar-refractivity contribution >= 4 is 17.6 Å². The highest BCUT2D eigenvalue weighted by Crippen LogP contribution is 2.24. The van der Waals surface area contributed by atoms with Crippen molar-refractivity contribution in [2.24, 2.45) is 0 Å². The molecule has 1 aromatic rings. The predicted molar refractivity (Wildman–Crippen MR) is 73.5 cm³/mol. The van der Waals surface area contributed by atoms with E-state index in [1.54, 1.807) is 6.92 Å². The molecule has 0 aliphatic carbocycles. The number of nitrogens with one attached hydrogen (secondary N) is 1. The molecule has 0 radical (unpaired) electrons. The van der Waals surface area contributed by atoms with Crippen LogP contribution in [0.15, 0.2) is 30.0 Å². The Morgan fingerprint density at radius 3 is 2.41 bits per heavy atom. The highest BCUT2D eigenvalue weighted by Gasteiger charge is 2.14. The topological polar surface area (TPSA) is 73.9 Å². The molecule has 1 aromatic carbocycles. The fourth-order valence-electron chi connectivity index (χ4n) is 1.53. The molecule has 0 amide bonds. The number of halogens is 2. The van der Waals surface area contributed by atoms with Crippen molar-refractivity contribution in [2.45, 2.75) is 13.5 Å². The Hall–Kier alpha value is -2.64. The molecule has 8 heteroatoms. The van der Waals surface area contributed by atoms with Crippen LogP contribution in [-0.2, 0) is 19.1 Å². The maximum Gasteiger partial charge on any atom is 0.387 e. The van der Waals surface area contributed by atoms with E-state index in [1.807, 2.05) is 0 Å². The average molecular weight is 315 g/mol. The summed E-state index contributed by atoms with van der Waals surface area (Å²) in [5.41, 5.74) is 0.792. The van der Waals surface area contributed by atoms with Gasteiger partial charge >= 0.3 is 18.6 Å². The van der Waals surface area contributed by atoms with Crippen LogP contribution in [0.1, 0.15) is 5.56 Å². The molecule has 0 saturated carbocycles. The molecule has 0 heterocycles. The molecule has 0 unspecified atom stereocenters. The monoisotopic (exact) mass is 315 g/mol. The number of hydrogen-bond acceptors (Lipinski definition) is 6. The number of benzene rings is 1. The quantitative estimate of drug-likeness (QED) is 0.641. The first kappa shape index (κ1) is 17.4. The molecule has 1 rings (SSSR count). The molecule has 0 aliphatic heterocycles. The summed E-state index contributed by atoms with van der Waals surface area (Å²) in [7, 11) is 2.32. The van der Waals surface area contributed by atoms with Crippen molar-refractivity contribution in [3.05, 3.63) is 35.5 Å². The molecule has 0 saturated heterocycles. The molecular formula is C14H15F2NO5. The first-order valence-corrected chi connectivity index (χ1v) is 6.07. The SMILES string of the molecule is COC(=O)/C=C(/Nc1ccc(OC(F)F)cc1C)C(=O)OC. The van der Waals surface area contributed by atoms with Gasteiger partial charge in [0.1, 0.15) is 11.4 Å². The van der Waals surface area contributed by atoms with Gasteiger partial charge in [-0.3, -0.25) is 0 Å². The number of alkyl halides is 2. The van der Waals surface area contributed by atoms with E-state index in [0.717, 1.165) is 20.3 Å². The summed E-state index contributed by atoms with van der Waals surface area (Å²) in [6, 6.07) is 4.09. The van der Waals surface area contributed by atoms with Crippen LogP contribution in [0.3, 0.4) is 0 Å². The molecule has 1 N–H and O–H groups in total. The van der Waals surface area contributed by atoms with Gasteiger partial charge in [0.15, 0.2) is 0 Å². The van der Waals surface area contributed by atoms with E-state index in [2.05, 4.69) is 19.5 Å². The van der Waals surface area contributed by atoms with Gasteiger partial charge in [-0.2, -0.15) is 8.78 Å². The Labute approximate surface area is 125 Å². The maximum atomic E-state index is 12.1. The van der Waals surface area contributed by atoms with Gasteiger partial charge < -0.3 is 19.5 Å². The van der Waals surface area contributed by atoms with Gasteiger partial charge in [0.05, 0.1) is 20.3 Å². The second-order valence-corrected chi connectivity index (χ2v) is 4.05. The van der Waals surface area contributed by atoms with Gasteiger partial charge in [-0.1, -0.05) is 0 Å². The van der Waals surface area contributed by atoms with Crippen LogP contribution in [0.4, 0.5) is 14.5 Å². The van der Waals surface area contributed by atoms with Crippen LogP contribution in [0.25, 0.3) is 0 Å². The number of methoxy groups -OCH3 is 2. The van der Waals surface area contributed by atoms with Crippen LogP contribution in [0.2, 0.25) is 0 Å². The van der Waals surface area contributed by atoms with E-state index >= 15 is 0 Å². The Balaban J connectivity index is 3.01. The molecule has 0 bridgehead atoms. The zero-order chi connectivity index (χ0) is 16.7. The van der Waals surface area contributed by atoms with Gasteiger partial charge in [0, 0.05) is 5.69 Å². The van der Waals surface area contributed by atoms with Crippen molar-refractivity contribution in [2.75, 3.05) is 19.5 Å². The van der Waals surface area contributed by atoms with Crippen LogP contribution < -0.4 is 10.1 Å². The lowest BCUT2D eigenvalue weighted by molar-refractivity contribution is -0.138. The molecule has 0 fully saturated rings. The van der Waals surface area contributed by atoms with E-state index in [4.69, 9.17) is 0 Å². The number of hydrogen-bond donors (Lipinski definition) is 1. The second kappa shape index (κ2) is 7.96. The van der Waals surface area contributed by atoms with Crippen molar-refractivity contribution < 1.29 is 32.6 Å². The lowest BCUT2D eigenvalue weighted by Crippen LogP contribution is -2.16. The highest BCUT2D eigenvalue weighted by atomic mass is 19.3. The first-order valence-electron chi connectivity index (χ1n) is 6.07. The zero-order valence-corrected chi connectivity index (χ0v) is 12.2. The standard InChI is InChI=1S/C14H15F2NO5/c1-8-6-9(22-14(15)16)4-5-10(8)17-11(13(19)21-3)7-12(18)20-2/h4-7,14,17H,1-3H3/b11-7+. The lowest BCUT2D eigenvalue weighted by Gasteiger charge is -2.13. The summed E-state index contributed by atoms with van der Waals surface area (Å²) in [6.45, 7) is -1.31. The summed E-state index contributed by atoms with van der Waals surface area (Å²) >= 11 is 0.